The Bertz CT molecular complexity index is 1100. The van der Waals surface area contributed by atoms with Gasteiger partial charge in [-0.2, -0.15) is 4.98 Å². The average Bonchev–Trinajstić information content (AvgIpc) is 2.78. The maximum atomic E-state index is 13.1. The summed E-state index contributed by atoms with van der Waals surface area (Å²) in [7, 11) is 3.01. The van der Waals surface area contributed by atoms with E-state index >= 15 is 0 Å². The minimum atomic E-state index is -0.976. The molecule has 0 unspecified atom stereocenters. The highest BCUT2D eigenvalue weighted by Gasteiger charge is 2.35. The van der Waals surface area contributed by atoms with Crippen LogP contribution < -0.4 is 30.6 Å². The highest BCUT2D eigenvalue weighted by atomic mass is 16.5. The van der Waals surface area contributed by atoms with Gasteiger partial charge in [0.05, 0.1) is 31.4 Å². The predicted octanol–water partition coefficient (Wildman–Crippen LogP) is 2.09. The first-order chi connectivity index (χ1) is 15.4. The molecule has 2 amide bonds. The number of piperidine rings is 1. The maximum Gasteiger partial charge on any atom is 0.258 e. The van der Waals surface area contributed by atoms with Crippen LogP contribution in [-0.2, 0) is 9.59 Å². The fourth-order valence-electron chi connectivity index (χ4n) is 4.24. The molecule has 3 N–H and O–H groups in total. The number of nitrogens with one attached hydrogen (secondary N) is 3. The number of methoxy groups -OCH3 is 2. The molecule has 10 nitrogen and oxygen atoms in total. The molecule has 2 aliphatic rings. The van der Waals surface area contributed by atoms with Crippen LogP contribution in [0.25, 0.3) is 0 Å². The van der Waals surface area contributed by atoms with E-state index < -0.39 is 17.4 Å². The second-order valence-electron chi connectivity index (χ2n) is 8.21. The summed E-state index contributed by atoms with van der Waals surface area (Å²) in [5.74, 6) is 0.182. The van der Waals surface area contributed by atoms with E-state index in [-0.39, 0.29) is 23.7 Å². The molecule has 2 aromatic rings. The number of aromatic amines is 1. The molecule has 170 valence electrons. The van der Waals surface area contributed by atoms with Crippen LogP contribution in [0.15, 0.2) is 23.0 Å². The Morgan fingerprint density at radius 1 is 1.25 bits per heavy atom. The molecule has 1 saturated heterocycles. The number of hydrogen-bond acceptors (Lipinski definition) is 7. The molecule has 0 aliphatic carbocycles. The van der Waals surface area contributed by atoms with Crippen LogP contribution >= 0.6 is 0 Å². The van der Waals surface area contributed by atoms with Crippen molar-refractivity contribution in [2.45, 2.75) is 32.1 Å². The molecule has 3 heterocycles. The monoisotopic (exact) mass is 441 g/mol. The number of aromatic nitrogens is 2. The van der Waals surface area contributed by atoms with Gasteiger partial charge < -0.3 is 25.0 Å². The van der Waals surface area contributed by atoms with Crippen molar-refractivity contribution in [2.24, 2.45) is 5.92 Å². The van der Waals surface area contributed by atoms with Gasteiger partial charge in [-0.3, -0.25) is 19.4 Å². The number of amides is 2. The van der Waals surface area contributed by atoms with Gasteiger partial charge in [-0.15, -0.1) is 0 Å². The largest absolute Gasteiger partial charge is 0.497 e. The molecular formula is C22H27N5O5. The van der Waals surface area contributed by atoms with E-state index in [1.54, 1.807) is 18.2 Å². The second kappa shape index (κ2) is 8.89. The molecule has 4 rings (SSSR count). The zero-order valence-electron chi connectivity index (χ0n) is 18.4. The number of carbonyl (C=O) groups excluding carboxylic acids is 2. The van der Waals surface area contributed by atoms with Gasteiger partial charge in [-0.25, -0.2) is 0 Å². The molecule has 0 saturated carbocycles. The van der Waals surface area contributed by atoms with Gasteiger partial charge in [0.25, 0.3) is 5.56 Å². The highest BCUT2D eigenvalue weighted by Crippen LogP contribution is 2.33. The van der Waals surface area contributed by atoms with Crippen molar-refractivity contribution in [3.05, 3.63) is 34.1 Å². The number of ether oxygens (including phenoxy) is 2. The van der Waals surface area contributed by atoms with Crippen molar-refractivity contribution in [1.82, 2.24) is 9.97 Å². The first-order valence-electron chi connectivity index (χ1n) is 10.6. The van der Waals surface area contributed by atoms with E-state index in [4.69, 9.17) is 9.47 Å². The molecule has 10 heteroatoms. The summed E-state index contributed by atoms with van der Waals surface area (Å²) >= 11 is 0. The molecule has 1 aromatic heterocycles. The van der Waals surface area contributed by atoms with E-state index in [1.807, 2.05) is 4.90 Å². The number of anilines is 3. The van der Waals surface area contributed by atoms with Gasteiger partial charge in [0.2, 0.25) is 17.8 Å². The number of fused-ring (bicyclic) bond motifs is 1. The highest BCUT2D eigenvalue weighted by molar-refractivity contribution is 6.05. The van der Waals surface area contributed by atoms with Crippen LogP contribution in [-0.4, -0.2) is 49.1 Å². The minimum absolute atomic E-state index is 0.139. The fraction of sp³-hybridized carbons (Fsp3) is 0.455. The third-order valence-electron chi connectivity index (χ3n) is 5.88. The van der Waals surface area contributed by atoms with E-state index in [9.17, 15) is 14.4 Å². The molecule has 1 fully saturated rings. The van der Waals surface area contributed by atoms with E-state index in [1.165, 1.54) is 14.2 Å². The molecular weight excluding hydrogens is 414 g/mol. The van der Waals surface area contributed by atoms with Crippen LogP contribution in [0.1, 0.15) is 37.7 Å². The fourth-order valence-corrected chi connectivity index (χ4v) is 4.24. The van der Waals surface area contributed by atoms with Crippen LogP contribution in [0.2, 0.25) is 0 Å². The summed E-state index contributed by atoms with van der Waals surface area (Å²) in [5.41, 5.74) is 0.141. The number of benzene rings is 1. The van der Waals surface area contributed by atoms with E-state index in [2.05, 4.69) is 27.5 Å². The standard InChI is InChI=1S/C22H27N5O5/c1-12-5-4-8-27(11-12)22-25-19-18(21(30)26-22)14(10-17(28)24-19)20(29)23-15-7-6-13(31-2)9-16(15)32-3/h6-7,9,12,14H,4-5,8,10-11H2,1-3H3,(H,23,29)(H2,24,25,26,28,30)/t12-,14+/m1/s1. The zero-order valence-corrected chi connectivity index (χ0v) is 18.4. The molecule has 0 spiro atoms. The number of H-pyrrole nitrogens is 1. The van der Waals surface area contributed by atoms with Gasteiger partial charge in [0.15, 0.2) is 0 Å². The summed E-state index contributed by atoms with van der Waals surface area (Å²) in [5, 5.41) is 5.42. The number of rotatable bonds is 5. The maximum absolute atomic E-state index is 13.1. The lowest BCUT2D eigenvalue weighted by Crippen LogP contribution is -2.40. The van der Waals surface area contributed by atoms with Gasteiger partial charge in [-0.05, 0) is 30.9 Å². The summed E-state index contributed by atoms with van der Waals surface area (Å²) in [6.07, 6.45) is 1.98. The minimum Gasteiger partial charge on any atom is -0.497 e. The lowest BCUT2D eigenvalue weighted by Gasteiger charge is -2.32. The normalized spacial score (nSPS) is 20.2. The van der Waals surface area contributed by atoms with Crippen molar-refractivity contribution >= 4 is 29.3 Å². The van der Waals surface area contributed by atoms with Gasteiger partial charge in [-0.1, -0.05) is 6.92 Å². The van der Waals surface area contributed by atoms with Crippen LogP contribution in [0.5, 0.6) is 11.5 Å². The summed E-state index contributed by atoms with van der Waals surface area (Å²) in [6.45, 7) is 3.70. The number of nitrogens with zero attached hydrogens (tertiary/aromatic N) is 2. The Morgan fingerprint density at radius 2 is 2.06 bits per heavy atom. The lowest BCUT2D eigenvalue weighted by molar-refractivity contribution is -0.123. The summed E-state index contributed by atoms with van der Waals surface area (Å²) in [6, 6.07) is 4.96. The number of hydrogen-bond donors (Lipinski definition) is 3. The third-order valence-corrected chi connectivity index (χ3v) is 5.88. The van der Waals surface area contributed by atoms with Crippen molar-refractivity contribution in [2.75, 3.05) is 42.8 Å². The van der Waals surface area contributed by atoms with Crippen LogP contribution in [0.4, 0.5) is 17.5 Å². The molecule has 2 atom stereocenters. The molecule has 0 bridgehead atoms. The Hall–Kier alpha value is -3.56. The molecule has 32 heavy (non-hydrogen) atoms. The van der Waals surface area contributed by atoms with E-state index in [0.29, 0.717) is 29.1 Å². The Balaban J connectivity index is 1.64. The lowest BCUT2D eigenvalue weighted by atomic mass is 9.92. The molecule has 1 aromatic carbocycles. The van der Waals surface area contributed by atoms with Crippen molar-refractivity contribution in [1.29, 1.82) is 0 Å². The topological polar surface area (TPSA) is 126 Å². The SMILES string of the molecule is COc1ccc(NC(=O)[C@H]2CC(=O)Nc3nc(N4CCC[C@@H](C)C4)[nH]c(=O)c32)c(OC)c1. The Kier molecular flexibility index (Phi) is 6.02. The van der Waals surface area contributed by atoms with Crippen molar-refractivity contribution < 1.29 is 19.1 Å². The second-order valence-corrected chi connectivity index (χ2v) is 8.21. The summed E-state index contributed by atoms with van der Waals surface area (Å²) < 4.78 is 10.5. The van der Waals surface area contributed by atoms with Crippen LogP contribution in [0, 0.1) is 5.92 Å². The van der Waals surface area contributed by atoms with Crippen LogP contribution in [0.3, 0.4) is 0 Å². The first kappa shape index (κ1) is 21.7. The molecule has 2 aliphatic heterocycles. The van der Waals surface area contributed by atoms with Gasteiger partial charge in [0, 0.05) is 25.6 Å². The Labute approximate surface area is 185 Å². The average molecular weight is 441 g/mol. The van der Waals surface area contributed by atoms with Crippen molar-refractivity contribution in [3.8, 4) is 11.5 Å². The van der Waals surface area contributed by atoms with Crippen molar-refractivity contribution in [3.63, 3.8) is 0 Å². The number of carbonyl (C=O) groups is 2. The summed E-state index contributed by atoms with van der Waals surface area (Å²) in [4.78, 5) is 47.8. The van der Waals surface area contributed by atoms with Gasteiger partial charge in [0.1, 0.15) is 17.3 Å². The third kappa shape index (κ3) is 4.25. The van der Waals surface area contributed by atoms with Gasteiger partial charge >= 0.3 is 0 Å². The smallest absolute Gasteiger partial charge is 0.258 e. The predicted molar refractivity (Wildman–Crippen MR) is 120 cm³/mol. The Morgan fingerprint density at radius 3 is 2.78 bits per heavy atom. The van der Waals surface area contributed by atoms with E-state index in [0.717, 1.165) is 25.9 Å². The molecule has 0 radical (unpaired) electrons. The quantitative estimate of drug-likeness (QED) is 0.649. The zero-order chi connectivity index (χ0) is 22.8. The first-order valence-corrected chi connectivity index (χ1v) is 10.6.